The second-order valence-electron chi connectivity index (χ2n) is 4.71. The summed E-state index contributed by atoms with van der Waals surface area (Å²) in [4.78, 5) is 12.1. The Hall–Kier alpha value is -2.50. The molecule has 1 unspecified atom stereocenters. The lowest BCUT2D eigenvalue weighted by Crippen LogP contribution is -2.26. The molecule has 0 aliphatic carbocycles. The second kappa shape index (κ2) is 6.30. The minimum Gasteiger partial charge on any atom is -0.497 e. The Balaban J connectivity index is 2.16. The summed E-state index contributed by atoms with van der Waals surface area (Å²) in [5, 5.41) is 6.91. The molecule has 1 N–H and O–H groups in total. The molecule has 1 atom stereocenters. The van der Waals surface area contributed by atoms with Crippen molar-refractivity contribution in [3.8, 4) is 11.5 Å². The fraction of sp³-hybridized carbons (Fsp3) is 0.333. The lowest BCUT2D eigenvalue weighted by molar-refractivity contribution is 0.0939. The first-order valence-electron chi connectivity index (χ1n) is 6.56. The average Bonchev–Trinajstić information content (AvgIpc) is 2.93. The quantitative estimate of drug-likeness (QED) is 0.913. The number of hydrogen-bond acceptors (Lipinski definition) is 4. The molecule has 0 aliphatic heterocycles. The fourth-order valence-electron chi connectivity index (χ4n) is 2.07. The second-order valence-corrected chi connectivity index (χ2v) is 4.71. The number of ether oxygens (including phenoxy) is 2. The van der Waals surface area contributed by atoms with Crippen molar-refractivity contribution in [3.63, 3.8) is 0 Å². The number of aryl methyl sites for hydroxylation is 1. The first-order valence-corrected chi connectivity index (χ1v) is 6.56. The zero-order valence-corrected chi connectivity index (χ0v) is 12.6. The van der Waals surface area contributed by atoms with E-state index in [-0.39, 0.29) is 11.9 Å². The van der Waals surface area contributed by atoms with Gasteiger partial charge in [0.1, 0.15) is 11.5 Å². The smallest absolute Gasteiger partial charge is 0.254 e. The van der Waals surface area contributed by atoms with E-state index in [1.54, 1.807) is 38.2 Å². The molecule has 0 bridgehead atoms. The van der Waals surface area contributed by atoms with Gasteiger partial charge >= 0.3 is 0 Å². The molecule has 1 aromatic carbocycles. The first-order chi connectivity index (χ1) is 10.0. The highest BCUT2D eigenvalue weighted by molar-refractivity contribution is 5.93. The van der Waals surface area contributed by atoms with Crippen LogP contribution in [0, 0.1) is 0 Å². The minimum atomic E-state index is -0.196. The van der Waals surface area contributed by atoms with Crippen LogP contribution in [0.4, 0.5) is 0 Å². The predicted molar refractivity (Wildman–Crippen MR) is 78.6 cm³/mol. The summed E-state index contributed by atoms with van der Waals surface area (Å²) in [6.45, 7) is 1.90. The molecular formula is C15H19N3O3. The van der Waals surface area contributed by atoms with Crippen molar-refractivity contribution in [2.24, 2.45) is 7.05 Å². The van der Waals surface area contributed by atoms with E-state index >= 15 is 0 Å². The Labute approximate surface area is 123 Å². The summed E-state index contributed by atoms with van der Waals surface area (Å²) in [6.07, 6.45) is 3.21. The van der Waals surface area contributed by atoms with Crippen LogP contribution in [0.3, 0.4) is 0 Å². The molecule has 112 valence electrons. The van der Waals surface area contributed by atoms with Crippen molar-refractivity contribution in [1.82, 2.24) is 15.1 Å². The first kappa shape index (κ1) is 14.9. The normalized spacial score (nSPS) is 11.8. The largest absolute Gasteiger partial charge is 0.497 e. The molecule has 2 rings (SSSR count). The van der Waals surface area contributed by atoms with Gasteiger partial charge in [-0.2, -0.15) is 5.10 Å². The van der Waals surface area contributed by atoms with Gasteiger partial charge in [-0.1, -0.05) is 0 Å². The number of nitrogens with one attached hydrogen (secondary N) is 1. The number of rotatable bonds is 5. The molecule has 6 heteroatoms. The third-order valence-electron chi connectivity index (χ3n) is 3.22. The van der Waals surface area contributed by atoms with Crippen LogP contribution in [-0.2, 0) is 7.05 Å². The van der Waals surface area contributed by atoms with Crippen molar-refractivity contribution in [2.45, 2.75) is 13.0 Å². The maximum absolute atomic E-state index is 12.1. The Morgan fingerprint density at radius 2 is 2.10 bits per heavy atom. The summed E-state index contributed by atoms with van der Waals surface area (Å²) in [5.74, 6) is 1.21. The molecule has 0 radical (unpaired) electrons. The molecule has 6 nitrogen and oxygen atoms in total. The van der Waals surface area contributed by atoms with Gasteiger partial charge in [-0.05, 0) is 19.1 Å². The molecule has 0 saturated heterocycles. The monoisotopic (exact) mass is 289 g/mol. The van der Waals surface area contributed by atoms with Crippen LogP contribution in [0.2, 0.25) is 0 Å². The zero-order valence-electron chi connectivity index (χ0n) is 12.6. The summed E-state index contributed by atoms with van der Waals surface area (Å²) in [6, 6.07) is 5.32. The van der Waals surface area contributed by atoms with Crippen LogP contribution < -0.4 is 14.8 Å². The van der Waals surface area contributed by atoms with Crippen LogP contribution in [0.15, 0.2) is 30.6 Å². The molecule has 1 amide bonds. The van der Waals surface area contributed by atoms with Gasteiger partial charge in [0.2, 0.25) is 0 Å². The number of amides is 1. The summed E-state index contributed by atoms with van der Waals surface area (Å²) >= 11 is 0. The third-order valence-corrected chi connectivity index (χ3v) is 3.22. The van der Waals surface area contributed by atoms with Crippen molar-refractivity contribution in [2.75, 3.05) is 14.2 Å². The highest BCUT2D eigenvalue weighted by atomic mass is 16.5. The van der Waals surface area contributed by atoms with E-state index < -0.39 is 0 Å². The Kier molecular flexibility index (Phi) is 4.47. The van der Waals surface area contributed by atoms with Crippen LogP contribution in [0.25, 0.3) is 0 Å². The standard InChI is InChI=1S/C15H19N3O3/c1-10(17-15(19)11-8-16-18(2)9-11)13-6-5-12(20-3)7-14(13)21-4/h5-10H,1-4H3,(H,17,19). The van der Waals surface area contributed by atoms with Gasteiger partial charge in [0.25, 0.3) is 5.91 Å². The van der Waals surface area contributed by atoms with E-state index in [4.69, 9.17) is 9.47 Å². The van der Waals surface area contributed by atoms with Gasteiger partial charge in [-0.15, -0.1) is 0 Å². The van der Waals surface area contributed by atoms with Crippen molar-refractivity contribution in [1.29, 1.82) is 0 Å². The van der Waals surface area contributed by atoms with Gasteiger partial charge in [0, 0.05) is 24.9 Å². The van der Waals surface area contributed by atoms with E-state index in [1.165, 1.54) is 6.20 Å². The van der Waals surface area contributed by atoms with Crippen molar-refractivity contribution in [3.05, 3.63) is 41.7 Å². The number of methoxy groups -OCH3 is 2. The number of carbonyl (C=O) groups excluding carboxylic acids is 1. The molecule has 1 heterocycles. The summed E-state index contributed by atoms with van der Waals surface area (Å²) in [5.41, 5.74) is 1.41. The maximum Gasteiger partial charge on any atom is 0.254 e. The number of carbonyl (C=O) groups is 1. The Morgan fingerprint density at radius 1 is 1.33 bits per heavy atom. The van der Waals surface area contributed by atoms with Crippen LogP contribution in [0.5, 0.6) is 11.5 Å². The number of hydrogen-bond donors (Lipinski definition) is 1. The van der Waals surface area contributed by atoms with Gasteiger partial charge in [0.05, 0.1) is 32.0 Å². The van der Waals surface area contributed by atoms with Crippen molar-refractivity contribution >= 4 is 5.91 Å². The molecule has 0 fully saturated rings. The predicted octanol–water partition coefficient (Wildman–Crippen LogP) is 1.93. The number of aromatic nitrogens is 2. The lowest BCUT2D eigenvalue weighted by atomic mass is 10.1. The Bertz CT molecular complexity index is 637. The topological polar surface area (TPSA) is 65.4 Å². The van der Waals surface area contributed by atoms with Gasteiger partial charge < -0.3 is 14.8 Å². The molecule has 0 spiro atoms. The molecule has 2 aromatic rings. The number of benzene rings is 1. The van der Waals surface area contributed by atoms with E-state index in [2.05, 4.69) is 10.4 Å². The van der Waals surface area contributed by atoms with E-state index in [9.17, 15) is 4.79 Å². The summed E-state index contributed by atoms with van der Waals surface area (Å²) < 4.78 is 12.1. The lowest BCUT2D eigenvalue weighted by Gasteiger charge is -2.17. The van der Waals surface area contributed by atoms with Gasteiger partial charge in [-0.25, -0.2) is 0 Å². The Morgan fingerprint density at radius 3 is 2.67 bits per heavy atom. The average molecular weight is 289 g/mol. The van der Waals surface area contributed by atoms with Gasteiger partial charge in [0.15, 0.2) is 0 Å². The SMILES string of the molecule is COc1ccc(C(C)NC(=O)c2cnn(C)c2)c(OC)c1. The van der Waals surface area contributed by atoms with E-state index in [0.29, 0.717) is 17.1 Å². The minimum absolute atomic E-state index is 0.173. The van der Waals surface area contributed by atoms with Crippen LogP contribution in [-0.4, -0.2) is 29.9 Å². The maximum atomic E-state index is 12.1. The van der Waals surface area contributed by atoms with E-state index in [1.807, 2.05) is 19.1 Å². The third kappa shape index (κ3) is 3.34. The van der Waals surface area contributed by atoms with Crippen molar-refractivity contribution < 1.29 is 14.3 Å². The number of nitrogens with zero attached hydrogens (tertiary/aromatic N) is 2. The van der Waals surface area contributed by atoms with Crippen LogP contribution >= 0.6 is 0 Å². The highest BCUT2D eigenvalue weighted by Gasteiger charge is 2.16. The highest BCUT2D eigenvalue weighted by Crippen LogP contribution is 2.29. The molecule has 1 aromatic heterocycles. The van der Waals surface area contributed by atoms with E-state index in [0.717, 1.165) is 5.56 Å². The molecule has 0 aliphatic rings. The van der Waals surface area contributed by atoms with Gasteiger partial charge in [-0.3, -0.25) is 9.48 Å². The van der Waals surface area contributed by atoms with Crippen LogP contribution in [0.1, 0.15) is 28.9 Å². The molecule has 21 heavy (non-hydrogen) atoms. The fourth-order valence-corrected chi connectivity index (χ4v) is 2.07. The molecular weight excluding hydrogens is 270 g/mol. The zero-order chi connectivity index (χ0) is 15.4. The summed E-state index contributed by atoms with van der Waals surface area (Å²) in [7, 11) is 4.96. The molecule has 0 saturated carbocycles.